The molecule has 0 aromatic heterocycles. The lowest BCUT2D eigenvalue weighted by Crippen LogP contribution is -2.76. The van der Waals surface area contributed by atoms with Crippen molar-refractivity contribution >= 4 is 5.78 Å². The van der Waals surface area contributed by atoms with Crippen LogP contribution in [-0.2, 0) is 16.6 Å². The Morgan fingerprint density at radius 2 is 2.16 bits per heavy atom. The van der Waals surface area contributed by atoms with Crippen molar-refractivity contribution < 1.29 is 19.7 Å². The Labute approximate surface area is 145 Å². The third-order valence-electron chi connectivity index (χ3n) is 7.27. The van der Waals surface area contributed by atoms with E-state index in [9.17, 15) is 15.0 Å². The number of phenolic OH excluding ortho intramolecular Hbond substituents is 1. The molecule has 3 aliphatic carbocycles. The number of rotatable bonds is 2. The highest BCUT2D eigenvalue weighted by Gasteiger charge is 2.73. The number of carbonyl (C=O) groups is 1. The normalized spacial score (nSPS) is 40.4. The molecule has 6 rings (SSSR count). The number of ketones is 1. The second-order valence-corrected chi connectivity index (χ2v) is 8.31. The maximum absolute atomic E-state index is 12.7. The van der Waals surface area contributed by atoms with E-state index in [0.29, 0.717) is 25.0 Å². The summed E-state index contributed by atoms with van der Waals surface area (Å²) in [6.07, 6.45) is 4.96. The lowest BCUT2D eigenvalue weighted by Gasteiger charge is -2.62. The minimum atomic E-state index is -0.967. The van der Waals surface area contributed by atoms with Gasteiger partial charge in [-0.3, -0.25) is 9.69 Å². The van der Waals surface area contributed by atoms with Crippen LogP contribution in [0.3, 0.4) is 0 Å². The van der Waals surface area contributed by atoms with Crippen molar-refractivity contribution in [3.05, 3.63) is 34.9 Å². The summed E-state index contributed by atoms with van der Waals surface area (Å²) in [6, 6.07) is 3.62. The molecule has 25 heavy (non-hydrogen) atoms. The first-order valence-electron chi connectivity index (χ1n) is 9.24. The topological polar surface area (TPSA) is 70.0 Å². The number of ether oxygens (including phenoxy) is 1. The molecule has 1 spiro atoms. The number of likely N-dealkylation sites (tertiary alicyclic amines) is 1. The van der Waals surface area contributed by atoms with E-state index in [4.69, 9.17) is 4.74 Å². The molecule has 4 atom stereocenters. The molecule has 5 aliphatic rings. The van der Waals surface area contributed by atoms with E-state index in [1.165, 1.54) is 5.57 Å². The fraction of sp³-hybridized carbons (Fsp3) is 0.550. The Morgan fingerprint density at radius 3 is 2.96 bits per heavy atom. The fourth-order valence-electron chi connectivity index (χ4n) is 6.06. The first kappa shape index (κ1) is 14.3. The van der Waals surface area contributed by atoms with Gasteiger partial charge in [0.1, 0.15) is 0 Å². The molecule has 1 saturated heterocycles. The molecule has 1 saturated carbocycles. The molecule has 2 N–H and O–H groups in total. The van der Waals surface area contributed by atoms with E-state index in [1.807, 2.05) is 6.07 Å². The summed E-state index contributed by atoms with van der Waals surface area (Å²) in [4.78, 5) is 15.1. The van der Waals surface area contributed by atoms with E-state index in [0.717, 1.165) is 37.1 Å². The summed E-state index contributed by atoms with van der Waals surface area (Å²) in [5.41, 5.74) is 1.82. The summed E-state index contributed by atoms with van der Waals surface area (Å²) in [7, 11) is 0. The van der Waals surface area contributed by atoms with Gasteiger partial charge in [-0.2, -0.15) is 0 Å². The van der Waals surface area contributed by atoms with Gasteiger partial charge in [-0.1, -0.05) is 17.7 Å². The van der Waals surface area contributed by atoms with E-state index in [1.54, 1.807) is 6.07 Å². The quantitative estimate of drug-likeness (QED) is 0.798. The standard InChI is InChI=1S/C20H21NO4/c22-13-4-3-12-9-15-20(24)6-5-14(23)18-19(20,16(12)17(13)25-18)7-8-21(15)10-11-1-2-11/h1,3-4,15,18,22,24H,2,5-10H2/t15-,18+,19+,20?/m1/s1. The lowest BCUT2D eigenvalue weighted by molar-refractivity contribution is -0.187. The zero-order chi connectivity index (χ0) is 17.0. The number of aromatic hydroxyl groups is 1. The molecule has 2 bridgehead atoms. The molecule has 1 aromatic carbocycles. The van der Waals surface area contributed by atoms with Gasteiger partial charge in [0, 0.05) is 31.1 Å². The van der Waals surface area contributed by atoms with Crippen LogP contribution in [0.25, 0.3) is 0 Å². The van der Waals surface area contributed by atoms with Crippen LogP contribution in [0.2, 0.25) is 0 Å². The molecule has 1 unspecified atom stereocenters. The van der Waals surface area contributed by atoms with Gasteiger partial charge in [0.2, 0.25) is 0 Å². The molecule has 5 nitrogen and oxygen atoms in total. The number of Topliss-reactive ketones (excluding diaryl/α,β-unsaturated/α-hetero) is 1. The largest absolute Gasteiger partial charge is 0.504 e. The third-order valence-corrected chi connectivity index (χ3v) is 7.27. The van der Waals surface area contributed by atoms with E-state index >= 15 is 0 Å². The summed E-state index contributed by atoms with van der Waals surface area (Å²) in [5, 5.41) is 22.3. The minimum absolute atomic E-state index is 0.00458. The summed E-state index contributed by atoms with van der Waals surface area (Å²) in [6.45, 7) is 1.77. The van der Waals surface area contributed by atoms with Crippen LogP contribution in [-0.4, -0.2) is 51.7 Å². The van der Waals surface area contributed by atoms with Crippen molar-refractivity contribution in [2.24, 2.45) is 0 Å². The van der Waals surface area contributed by atoms with Crippen LogP contribution in [0.5, 0.6) is 11.5 Å². The number of aliphatic hydroxyl groups is 1. The Balaban J connectivity index is 1.59. The van der Waals surface area contributed by atoms with E-state index in [-0.39, 0.29) is 17.6 Å². The van der Waals surface area contributed by atoms with Crippen LogP contribution in [0.15, 0.2) is 23.8 Å². The molecule has 0 amide bonds. The van der Waals surface area contributed by atoms with Crippen molar-refractivity contribution in [1.82, 2.24) is 4.90 Å². The maximum Gasteiger partial charge on any atom is 0.174 e. The van der Waals surface area contributed by atoms with E-state index in [2.05, 4.69) is 11.0 Å². The summed E-state index contributed by atoms with van der Waals surface area (Å²) < 4.78 is 6.03. The monoisotopic (exact) mass is 339 g/mol. The SMILES string of the molecule is O=C1CCC2(O)[C@H]3Cc4ccc(O)c5c4[C@@]2(CCN3CC2=CC2)[C@H]1O5. The predicted molar refractivity (Wildman–Crippen MR) is 89.8 cm³/mol. The van der Waals surface area contributed by atoms with Gasteiger partial charge >= 0.3 is 0 Å². The first-order valence-corrected chi connectivity index (χ1v) is 9.24. The van der Waals surface area contributed by atoms with Gasteiger partial charge < -0.3 is 14.9 Å². The fourth-order valence-corrected chi connectivity index (χ4v) is 6.06. The smallest absolute Gasteiger partial charge is 0.174 e. The second-order valence-electron chi connectivity index (χ2n) is 8.31. The van der Waals surface area contributed by atoms with Crippen molar-refractivity contribution in [2.45, 2.75) is 55.3 Å². The third kappa shape index (κ3) is 1.51. The summed E-state index contributed by atoms with van der Waals surface area (Å²) in [5.74, 6) is 0.583. The van der Waals surface area contributed by atoms with Crippen LogP contribution in [0.4, 0.5) is 0 Å². The van der Waals surface area contributed by atoms with Gasteiger partial charge in [0.25, 0.3) is 0 Å². The number of hydrogen-bond donors (Lipinski definition) is 2. The van der Waals surface area contributed by atoms with Crippen molar-refractivity contribution in [1.29, 1.82) is 0 Å². The highest BCUT2D eigenvalue weighted by Crippen LogP contribution is 2.64. The first-order chi connectivity index (χ1) is 12.0. The number of carbonyl (C=O) groups excluding carboxylic acids is 1. The number of phenols is 1. The average molecular weight is 339 g/mol. The Hall–Kier alpha value is -1.85. The number of benzene rings is 1. The van der Waals surface area contributed by atoms with Crippen molar-refractivity contribution in [3.8, 4) is 11.5 Å². The van der Waals surface area contributed by atoms with E-state index < -0.39 is 17.1 Å². The van der Waals surface area contributed by atoms with Crippen LogP contribution in [0.1, 0.15) is 36.8 Å². The zero-order valence-corrected chi connectivity index (χ0v) is 14.0. The highest BCUT2D eigenvalue weighted by atomic mass is 16.5. The number of allylic oxidation sites excluding steroid dienone is 1. The van der Waals surface area contributed by atoms with Crippen LogP contribution < -0.4 is 4.74 Å². The number of hydrogen-bond acceptors (Lipinski definition) is 5. The van der Waals surface area contributed by atoms with Crippen LogP contribution in [0, 0.1) is 0 Å². The molecular weight excluding hydrogens is 318 g/mol. The predicted octanol–water partition coefficient (Wildman–Crippen LogP) is 1.45. The second kappa shape index (κ2) is 4.27. The molecule has 2 aliphatic heterocycles. The van der Waals surface area contributed by atoms with Crippen molar-refractivity contribution in [2.75, 3.05) is 13.1 Å². The minimum Gasteiger partial charge on any atom is -0.504 e. The average Bonchev–Trinajstić information content (AvgIpc) is 3.32. The molecule has 1 aromatic rings. The van der Waals surface area contributed by atoms with Gasteiger partial charge in [-0.05, 0) is 37.3 Å². The highest BCUT2D eigenvalue weighted by molar-refractivity contribution is 5.90. The van der Waals surface area contributed by atoms with Gasteiger partial charge in [0.15, 0.2) is 23.4 Å². The van der Waals surface area contributed by atoms with Gasteiger partial charge in [0.05, 0.1) is 11.0 Å². The molecule has 5 heteroatoms. The molecule has 0 radical (unpaired) electrons. The molecule has 130 valence electrons. The molecular formula is C20H21NO4. The maximum atomic E-state index is 12.7. The number of nitrogens with zero attached hydrogens (tertiary/aromatic N) is 1. The lowest BCUT2D eigenvalue weighted by atomic mass is 9.49. The Kier molecular flexibility index (Phi) is 2.45. The van der Waals surface area contributed by atoms with Gasteiger partial charge in [-0.15, -0.1) is 0 Å². The van der Waals surface area contributed by atoms with Crippen molar-refractivity contribution in [3.63, 3.8) is 0 Å². The van der Waals surface area contributed by atoms with Crippen LogP contribution >= 0.6 is 0 Å². The Morgan fingerprint density at radius 1 is 1.32 bits per heavy atom. The van der Waals surface area contributed by atoms with Gasteiger partial charge in [-0.25, -0.2) is 0 Å². The summed E-state index contributed by atoms with van der Waals surface area (Å²) >= 11 is 0. The molecule has 2 heterocycles. The molecule has 2 fully saturated rings. The number of piperidine rings is 1. The Bertz CT molecular complexity index is 861. The zero-order valence-electron chi connectivity index (χ0n) is 14.0.